The quantitative estimate of drug-likeness (QED) is 0.860. The molecule has 2 aromatic rings. The number of aryl methyl sites for hydroxylation is 1. The summed E-state index contributed by atoms with van der Waals surface area (Å²) in [4.78, 5) is 4.36. The average Bonchev–Trinajstić information content (AvgIpc) is 2.85. The second-order valence-corrected chi connectivity index (χ2v) is 4.65. The second-order valence-electron chi connectivity index (χ2n) is 4.65. The van der Waals surface area contributed by atoms with Gasteiger partial charge in [0.25, 0.3) is 0 Å². The summed E-state index contributed by atoms with van der Waals surface area (Å²) in [6.45, 7) is 1.97. The van der Waals surface area contributed by atoms with Crippen molar-refractivity contribution in [2.24, 2.45) is 5.73 Å². The predicted molar refractivity (Wildman–Crippen MR) is 72.1 cm³/mol. The number of rotatable bonds is 6. The van der Waals surface area contributed by atoms with Crippen molar-refractivity contribution in [3.05, 3.63) is 41.5 Å². The van der Waals surface area contributed by atoms with Crippen molar-refractivity contribution in [3.63, 3.8) is 0 Å². The molecule has 5 nitrogen and oxygen atoms in total. The van der Waals surface area contributed by atoms with Gasteiger partial charge in [-0.25, -0.2) is 0 Å². The van der Waals surface area contributed by atoms with Crippen LogP contribution in [0.15, 0.2) is 28.8 Å². The van der Waals surface area contributed by atoms with Gasteiger partial charge in [-0.1, -0.05) is 17.3 Å². The monoisotopic (exact) mass is 261 g/mol. The Morgan fingerprint density at radius 3 is 2.68 bits per heavy atom. The minimum absolute atomic E-state index is 0.150. The van der Waals surface area contributed by atoms with E-state index in [-0.39, 0.29) is 6.04 Å². The van der Waals surface area contributed by atoms with Gasteiger partial charge in [-0.05, 0) is 31.0 Å². The Labute approximate surface area is 112 Å². The molecule has 0 saturated heterocycles. The van der Waals surface area contributed by atoms with Crippen LogP contribution in [0, 0.1) is 0 Å². The topological polar surface area (TPSA) is 74.2 Å². The predicted octanol–water partition coefficient (Wildman–Crippen LogP) is 1.95. The Balaban J connectivity index is 1.95. The molecule has 0 saturated carbocycles. The lowest BCUT2D eigenvalue weighted by Crippen LogP contribution is -2.15. The number of hydrogen-bond donors (Lipinski definition) is 1. The molecule has 102 valence electrons. The van der Waals surface area contributed by atoms with E-state index in [9.17, 15) is 0 Å². The van der Waals surface area contributed by atoms with E-state index in [1.165, 1.54) is 0 Å². The van der Waals surface area contributed by atoms with Crippen LogP contribution in [0.5, 0.6) is 5.75 Å². The molecule has 0 radical (unpaired) electrons. The maximum absolute atomic E-state index is 5.70. The van der Waals surface area contributed by atoms with E-state index < -0.39 is 0 Å². The molecule has 0 aliphatic rings. The maximum Gasteiger partial charge on any atom is 0.226 e. The highest BCUT2D eigenvalue weighted by atomic mass is 16.5. The Morgan fingerprint density at radius 1 is 1.32 bits per heavy atom. The summed E-state index contributed by atoms with van der Waals surface area (Å²) in [5.41, 5.74) is 6.82. The van der Waals surface area contributed by atoms with Crippen molar-refractivity contribution in [1.82, 2.24) is 10.1 Å². The molecular weight excluding hydrogens is 242 g/mol. The highest BCUT2D eigenvalue weighted by molar-refractivity contribution is 5.28. The van der Waals surface area contributed by atoms with Crippen LogP contribution < -0.4 is 10.5 Å². The number of nitrogens with zero attached hydrogens (tertiary/aromatic N) is 2. The number of benzene rings is 1. The SMILES string of the molecule is COc1ccc(Cc2noc(CCC(C)N)n2)cc1. The van der Waals surface area contributed by atoms with Crippen molar-refractivity contribution in [2.75, 3.05) is 7.11 Å². The van der Waals surface area contributed by atoms with E-state index in [4.69, 9.17) is 15.0 Å². The minimum atomic E-state index is 0.150. The summed E-state index contributed by atoms with van der Waals surface area (Å²) >= 11 is 0. The summed E-state index contributed by atoms with van der Waals surface area (Å²) in [6.07, 6.45) is 2.24. The maximum atomic E-state index is 5.70. The average molecular weight is 261 g/mol. The van der Waals surface area contributed by atoms with Crippen molar-refractivity contribution >= 4 is 0 Å². The van der Waals surface area contributed by atoms with Crippen molar-refractivity contribution in [3.8, 4) is 5.75 Å². The minimum Gasteiger partial charge on any atom is -0.497 e. The lowest BCUT2D eigenvalue weighted by atomic mass is 10.1. The zero-order chi connectivity index (χ0) is 13.7. The molecule has 1 aromatic heterocycles. The third kappa shape index (κ3) is 4.06. The third-order valence-electron chi connectivity index (χ3n) is 2.84. The van der Waals surface area contributed by atoms with Crippen LogP contribution in [0.3, 0.4) is 0 Å². The zero-order valence-electron chi connectivity index (χ0n) is 11.3. The van der Waals surface area contributed by atoms with Crippen molar-refractivity contribution < 1.29 is 9.26 Å². The molecule has 1 heterocycles. The lowest BCUT2D eigenvalue weighted by Gasteiger charge is -2.00. The molecule has 0 aliphatic heterocycles. The fraction of sp³-hybridized carbons (Fsp3) is 0.429. The highest BCUT2D eigenvalue weighted by Gasteiger charge is 2.08. The first-order valence-electron chi connectivity index (χ1n) is 6.37. The molecule has 2 N–H and O–H groups in total. The van der Waals surface area contributed by atoms with E-state index in [0.29, 0.717) is 18.1 Å². The van der Waals surface area contributed by atoms with Crippen LogP contribution in [0.1, 0.15) is 30.6 Å². The van der Waals surface area contributed by atoms with Gasteiger partial charge in [0.1, 0.15) is 5.75 Å². The van der Waals surface area contributed by atoms with Gasteiger partial charge in [-0.3, -0.25) is 0 Å². The molecule has 0 bridgehead atoms. The van der Waals surface area contributed by atoms with Gasteiger partial charge in [0, 0.05) is 18.9 Å². The van der Waals surface area contributed by atoms with Crippen LogP contribution in [-0.2, 0) is 12.8 Å². The number of nitrogens with two attached hydrogens (primary N) is 1. The van der Waals surface area contributed by atoms with Crippen LogP contribution in [-0.4, -0.2) is 23.3 Å². The normalized spacial score (nSPS) is 12.4. The molecule has 0 aliphatic carbocycles. The van der Waals surface area contributed by atoms with E-state index in [2.05, 4.69) is 10.1 Å². The zero-order valence-corrected chi connectivity index (χ0v) is 11.3. The van der Waals surface area contributed by atoms with Crippen LogP contribution in [0.2, 0.25) is 0 Å². The Kier molecular flexibility index (Phi) is 4.52. The summed E-state index contributed by atoms with van der Waals surface area (Å²) < 4.78 is 10.3. The van der Waals surface area contributed by atoms with Crippen LogP contribution >= 0.6 is 0 Å². The van der Waals surface area contributed by atoms with E-state index >= 15 is 0 Å². The standard InChI is InChI=1S/C14H19N3O2/c1-10(15)3-8-14-16-13(17-19-14)9-11-4-6-12(18-2)7-5-11/h4-7,10H,3,8-9,15H2,1-2H3. The smallest absolute Gasteiger partial charge is 0.226 e. The van der Waals surface area contributed by atoms with Gasteiger partial charge >= 0.3 is 0 Å². The van der Waals surface area contributed by atoms with Gasteiger partial charge in [-0.15, -0.1) is 0 Å². The van der Waals surface area contributed by atoms with Gasteiger partial charge in [-0.2, -0.15) is 4.98 Å². The molecule has 1 unspecified atom stereocenters. The molecule has 1 atom stereocenters. The Hall–Kier alpha value is -1.88. The highest BCUT2D eigenvalue weighted by Crippen LogP contribution is 2.14. The summed E-state index contributed by atoms with van der Waals surface area (Å²) in [5, 5.41) is 3.97. The van der Waals surface area contributed by atoms with Gasteiger partial charge in [0.2, 0.25) is 5.89 Å². The van der Waals surface area contributed by atoms with Crippen LogP contribution in [0.4, 0.5) is 0 Å². The number of methoxy groups -OCH3 is 1. The second kappa shape index (κ2) is 6.33. The first-order valence-corrected chi connectivity index (χ1v) is 6.37. The van der Waals surface area contributed by atoms with E-state index in [1.807, 2.05) is 31.2 Å². The van der Waals surface area contributed by atoms with Crippen molar-refractivity contribution in [1.29, 1.82) is 0 Å². The third-order valence-corrected chi connectivity index (χ3v) is 2.84. The molecule has 1 aromatic carbocycles. The van der Waals surface area contributed by atoms with Gasteiger partial charge in [0.15, 0.2) is 5.82 Å². The van der Waals surface area contributed by atoms with E-state index in [1.54, 1.807) is 7.11 Å². The van der Waals surface area contributed by atoms with Gasteiger partial charge in [0.05, 0.1) is 7.11 Å². The lowest BCUT2D eigenvalue weighted by molar-refractivity contribution is 0.368. The molecular formula is C14H19N3O2. The fourth-order valence-electron chi connectivity index (χ4n) is 1.74. The first kappa shape index (κ1) is 13.5. The van der Waals surface area contributed by atoms with Crippen LogP contribution in [0.25, 0.3) is 0 Å². The van der Waals surface area contributed by atoms with E-state index in [0.717, 1.165) is 24.2 Å². The van der Waals surface area contributed by atoms with Crippen molar-refractivity contribution in [2.45, 2.75) is 32.2 Å². The number of hydrogen-bond acceptors (Lipinski definition) is 5. The molecule has 0 fully saturated rings. The number of aromatic nitrogens is 2. The number of ether oxygens (including phenoxy) is 1. The molecule has 0 amide bonds. The largest absolute Gasteiger partial charge is 0.497 e. The summed E-state index contributed by atoms with van der Waals surface area (Å²) in [7, 11) is 1.65. The molecule has 5 heteroatoms. The first-order chi connectivity index (χ1) is 9.17. The van der Waals surface area contributed by atoms with Gasteiger partial charge < -0.3 is 15.0 Å². The fourth-order valence-corrected chi connectivity index (χ4v) is 1.74. The molecule has 0 spiro atoms. The summed E-state index contributed by atoms with van der Waals surface area (Å²) in [6, 6.07) is 7.99. The molecule has 2 rings (SSSR count). The Morgan fingerprint density at radius 2 is 2.05 bits per heavy atom. The summed E-state index contributed by atoms with van der Waals surface area (Å²) in [5.74, 6) is 2.19. The molecule has 19 heavy (non-hydrogen) atoms. The Bertz CT molecular complexity index is 506.